The van der Waals surface area contributed by atoms with Crippen molar-refractivity contribution in [2.45, 2.75) is 387 Å². The van der Waals surface area contributed by atoms with Crippen molar-refractivity contribution in [3.63, 3.8) is 0 Å². The SMILES string of the molecule is CCCCCCCCCCCCC/C=C\CCCCCCCCCC(=O)NC(COC1OC(CO)C(OC2OC(CO)C(O)C(OC3(C(=O)O)CC(O)C(NC(C)=O)C(C(O)C(O)CO)O3)C2O)C(O)C1O)C(O)/C=C/CCCCCCCCCCCCCCCCCCC. The van der Waals surface area contributed by atoms with Crippen molar-refractivity contribution in [1.82, 2.24) is 10.6 Å². The number of carbonyl (C=O) groups is 3. The highest BCUT2D eigenvalue weighted by Crippen LogP contribution is 2.39. The minimum atomic E-state index is -3.08. The average molecular weight is 1360 g/mol. The van der Waals surface area contributed by atoms with Crippen LogP contribution in [-0.4, -0.2) is 215 Å². The van der Waals surface area contributed by atoms with Gasteiger partial charge in [-0.25, -0.2) is 4.79 Å². The van der Waals surface area contributed by atoms with Gasteiger partial charge in [0.25, 0.3) is 5.79 Å². The Morgan fingerprint density at radius 3 is 1.43 bits per heavy atom. The Kier molecular flexibility index (Phi) is 47.5. The van der Waals surface area contributed by atoms with Crippen molar-refractivity contribution < 1.29 is 104 Å². The highest BCUT2D eigenvalue weighted by molar-refractivity contribution is 5.77. The topological polar surface area (TPSA) is 373 Å². The molecule has 556 valence electrons. The number of amides is 2. The Balaban J connectivity index is 1.57. The van der Waals surface area contributed by atoms with E-state index in [1.807, 2.05) is 6.08 Å². The monoisotopic (exact) mass is 1360 g/mol. The van der Waals surface area contributed by atoms with Crippen LogP contribution in [0.3, 0.4) is 0 Å². The third-order valence-electron chi connectivity index (χ3n) is 18.9. The van der Waals surface area contributed by atoms with Crippen molar-refractivity contribution in [3.05, 3.63) is 24.3 Å². The largest absolute Gasteiger partial charge is 0.477 e. The van der Waals surface area contributed by atoms with Gasteiger partial charge in [0, 0.05) is 19.8 Å². The summed E-state index contributed by atoms with van der Waals surface area (Å²) in [5.74, 6) is -6.14. The first-order valence-corrected chi connectivity index (χ1v) is 37.2. The van der Waals surface area contributed by atoms with Crippen LogP contribution in [-0.2, 0) is 42.8 Å². The molecule has 3 aliphatic rings. The number of hydrogen-bond donors (Lipinski definition) is 14. The lowest BCUT2D eigenvalue weighted by Gasteiger charge is -2.50. The van der Waals surface area contributed by atoms with Crippen LogP contribution >= 0.6 is 0 Å². The van der Waals surface area contributed by atoms with Crippen LogP contribution in [0.2, 0.25) is 0 Å². The second-order valence-corrected chi connectivity index (χ2v) is 27.2. The molecule has 18 unspecified atom stereocenters. The van der Waals surface area contributed by atoms with Gasteiger partial charge in [-0.2, -0.15) is 0 Å². The third kappa shape index (κ3) is 34.0. The molecule has 0 aromatic rings. The summed E-state index contributed by atoms with van der Waals surface area (Å²) in [4.78, 5) is 38.6. The molecule has 18 atom stereocenters. The van der Waals surface area contributed by atoms with E-state index in [2.05, 4.69) is 36.6 Å². The Hall–Kier alpha value is -2.79. The van der Waals surface area contributed by atoms with Gasteiger partial charge in [-0.3, -0.25) is 9.59 Å². The van der Waals surface area contributed by atoms with E-state index < -0.39 is 155 Å². The predicted molar refractivity (Wildman–Crippen MR) is 361 cm³/mol. The van der Waals surface area contributed by atoms with Crippen LogP contribution < -0.4 is 10.6 Å². The van der Waals surface area contributed by atoms with E-state index in [0.717, 1.165) is 77.6 Å². The summed E-state index contributed by atoms with van der Waals surface area (Å²) in [5, 5.41) is 136. The molecule has 3 saturated heterocycles. The van der Waals surface area contributed by atoms with Gasteiger partial charge in [0.05, 0.1) is 50.7 Å². The minimum absolute atomic E-state index is 0.196. The van der Waals surface area contributed by atoms with Crippen LogP contribution in [0.25, 0.3) is 0 Å². The van der Waals surface area contributed by atoms with E-state index in [-0.39, 0.29) is 12.3 Å². The van der Waals surface area contributed by atoms with Crippen LogP contribution in [0.4, 0.5) is 0 Å². The molecule has 23 nitrogen and oxygen atoms in total. The molecule has 3 aliphatic heterocycles. The van der Waals surface area contributed by atoms with E-state index in [1.54, 1.807) is 6.08 Å². The van der Waals surface area contributed by atoms with Crippen molar-refractivity contribution >= 4 is 17.8 Å². The molecule has 95 heavy (non-hydrogen) atoms. The van der Waals surface area contributed by atoms with Gasteiger partial charge in [-0.1, -0.05) is 237 Å². The number of nitrogens with one attached hydrogen (secondary N) is 2. The lowest BCUT2D eigenvalue weighted by Crippen LogP contribution is -2.70. The van der Waals surface area contributed by atoms with Gasteiger partial charge >= 0.3 is 5.97 Å². The first-order valence-electron chi connectivity index (χ1n) is 37.2. The predicted octanol–water partition coefficient (Wildman–Crippen LogP) is 8.01. The number of aliphatic hydroxyl groups excluding tert-OH is 11. The molecule has 0 aromatic heterocycles. The van der Waals surface area contributed by atoms with Crippen molar-refractivity contribution in [1.29, 1.82) is 0 Å². The van der Waals surface area contributed by atoms with Crippen molar-refractivity contribution in [2.24, 2.45) is 0 Å². The zero-order valence-corrected chi connectivity index (χ0v) is 58.3. The number of rotatable bonds is 57. The van der Waals surface area contributed by atoms with E-state index in [0.29, 0.717) is 12.8 Å². The number of ether oxygens (including phenoxy) is 6. The maximum Gasteiger partial charge on any atom is 0.364 e. The number of hydrogen-bond acceptors (Lipinski definition) is 20. The molecule has 14 N–H and O–H groups in total. The number of carboxylic acid groups (broad SMARTS) is 1. The number of aliphatic carboxylic acids is 1. The van der Waals surface area contributed by atoms with Gasteiger partial charge in [0.2, 0.25) is 11.8 Å². The fourth-order valence-electron chi connectivity index (χ4n) is 12.9. The Bertz CT molecular complexity index is 2010. The number of unbranched alkanes of at least 4 members (excludes halogenated alkanes) is 35. The molecule has 3 fully saturated rings. The first kappa shape index (κ1) is 86.4. The summed E-state index contributed by atoms with van der Waals surface area (Å²) in [7, 11) is 0. The van der Waals surface area contributed by atoms with Gasteiger partial charge in [-0.05, 0) is 44.9 Å². The molecular formula is C72H132N2O21. The van der Waals surface area contributed by atoms with Gasteiger partial charge in [0.15, 0.2) is 12.6 Å². The van der Waals surface area contributed by atoms with Gasteiger partial charge < -0.3 is 100 Å². The lowest BCUT2D eigenvalue weighted by molar-refractivity contribution is -0.386. The molecule has 0 saturated carbocycles. The summed E-state index contributed by atoms with van der Waals surface area (Å²) in [6, 6.07) is -2.62. The molecular weight excluding hydrogens is 1230 g/mol. The highest BCUT2D eigenvalue weighted by Gasteiger charge is 2.60. The van der Waals surface area contributed by atoms with Crippen LogP contribution in [0.1, 0.15) is 278 Å². The standard InChI is InChI=1S/C72H132N2O21/c1-4-6-8-10-12-14-16-18-20-22-24-25-26-28-30-32-34-36-38-40-42-44-46-59(82)74-53(54(79)45-43-41-39-37-35-33-31-29-27-23-21-19-17-15-13-11-9-7-5-2)51-90-69-64(86)63(85)66(58(50-77)92-69)93-70-65(87)68(62(84)57(49-76)91-70)95-72(71(88)89)47-55(80)60(73-52(3)78)67(94-72)61(83)56(81)48-75/h26,28,43,45,53-58,60-70,75-77,79-81,83-87H,4-25,27,29-42,44,46-51H2,1-3H3,(H,73,78)(H,74,82)(H,88,89)/b28-26-,45-43+. The quantitative estimate of drug-likeness (QED) is 0.0202. The van der Waals surface area contributed by atoms with Gasteiger partial charge in [-0.15, -0.1) is 0 Å². The molecule has 0 aliphatic carbocycles. The summed E-state index contributed by atoms with van der Waals surface area (Å²) < 4.78 is 34.8. The zero-order chi connectivity index (χ0) is 69.6. The minimum Gasteiger partial charge on any atom is -0.477 e. The molecule has 0 radical (unpaired) electrons. The number of carboxylic acids is 1. The summed E-state index contributed by atoms with van der Waals surface area (Å²) in [6.07, 6.45) is 25.0. The average Bonchev–Trinajstić information content (AvgIpc) is 0.757. The fraction of sp³-hybridized carbons (Fsp3) is 0.903. The summed E-state index contributed by atoms with van der Waals surface area (Å²) in [5.41, 5.74) is 0. The molecule has 0 aromatic carbocycles. The molecule has 23 heteroatoms. The molecule has 2 amide bonds. The van der Waals surface area contributed by atoms with E-state index >= 15 is 0 Å². The van der Waals surface area contributed by atoms with Crippen molar-refractivity contribution in [2.75, 3.05) is 26.4 Å². The lowest BCUT2D eigenvalue weighted by atomic mass is 9.88. The normalized spacial score (nSPS) is 27.8. The van der Waals surface area contributed by atoms with Crippen LogP contribution in [0.5, 0.6) is 0 Å². The smallest absolute Gasteiger partial charge is 0.364 e. The third-order valence-corrected chi connectivity index (χ3v) is 18.9. The highest BCUT2D eigenvalue weighted by atomic mass is 16.8. The zero-order valence-electron chi connectivity index (χ0n) is 58.3. The fourth-order valence-corrected chi connectivity index (χ4v) is 12.9. The molecule has 0 bridgehead atoms. The van der Waals surface area contributed by atoms with Gasteiger partial charge in [0.1, 0.15) is 67.1 Å². The first-order chi connectivity index (χ1) is 45.9. The Morgan fingerprint density at radius 2 is 0.989 bits per heavy atom. The molecule has 0 spiro atoms. The van der Waals surface area contributed by atoms with Crippen molar-refractivity contribution in [3.8, 4) is 0 Å². The number of carbonyl (C=O) groups excluding carboxylic acids is 2. The number of aliphatic hydroxyl groups is 11. The Morgan fingerprint density at radius 1 is 0.547 bits per heavy atom. The van der Waals surface area contributed by atoms with E-state index in [1.165, 1.54) is 161 Å². The summed E-state index contributed by atoms with van der Waals surface area (Å²) >= 11 is 0. The van der Waals surface area contributed by atoms with E-state index in [4.69, 9.17) is 28.4 Å². The molecule has 3 rings (SSSR count). The number of allylic oxidation sites excluding steroid dienone is 3. The summed E-state index contributed by atoms with van der Waals surface area (Å²) in [6.45, 7) is 2.16. The Labute approximate surface area is 568 Å². The van der Waals surface area contributed by atoms with Crippen LogP contribution in [0.15, 0.2) is 24.3 Å². The van der Waals surface area contributed by atoms with E-state index in [9.17, 15) is 75.7 Å². The maximum absolute atomic E-state index is 13.5. The maximum atomic E-state index is 13.5. The second-order valence-electron chi connectivity index (χ2n) is 27.2. The van der Waals surface area contributed by atoms with Crippen LogP contribution in [0, 0.1) is 0 Å². The second kappa shape index (κ2) is 52.2. The molecule has 3 heterocycles.